The molecule has 26 heavy (non-hydrogen) atoms. The largest absolute Gasteiger partial charge is 0.496 e. The number of benzene rings is 1. The van der Waals surface area contributed by atoms with Gasteiger partial charge in [-0.15, -0.1) is 0 Å². The number of nitrogens with one attached hydrogen (secondary N) is 1. The molecule has 3 rings (SSSR count). The zero-order chi connectivity index (χ0) is 19.1. The van der Waals surface area contributed by atoms with Gasteiger partial charge in [-0.3, -0.25) is 4.79 Å². The second kappa shape index (κ2) is 6.82. The first-order valence-electron chi connectivity index (χ1n) is 9.18. The minimum atomic E-state index is -0.746. The highest BCUT2D eigenvalue weighted by molar-refractivity contribution is 5.76. The minimum Gasteiger partial charge on any atom is -0.496 e. The molecule has 2 aliphatic rings. The number of nitrogens with zero attached hydrogens (tertiary/aromatic N) is 1. The van der Waals surface area contributed by atoms with Crippen molar-refractivity contribution in [3.8, 4) is 5.75 Å². The van der Waals surface area contributed by atoms with Gasteiger partial charge in [0.15, 0.2) is 0 Å². The molecule has 0 bridgehead atoms. The Morgan fingerprint density at radius 1 is 1.38 bits per heavy atom. The van der Waals surface area contributed by atoms with Gasteiger partial charge in [0.2, 0.25) is 0 Å². The lowest BCUT2D eigenvalue weighted by Gasteiger charge is -2.52. The summed E-state index contributed by atoms with van der Waals surface area (Å²) in [6, 6.07) is 5.83. The van der Waals surface area contributed by atoms with Crippen molar-refractivity contribution >= 4 is 12.0 Å². The predicted molar refractivity (Wildman–Crippen MR) is 98.1 cm³/mol. The van der Waals surface area contributed by atoms with E-state index >= 15 is 0 Å². The van der Waals surface area contributed by atoms with Crippen LogP contribution in [0.2, 0.25) is 0 Å². The Kier molecular flexibility index (Phi) is 4.86. The average Bonchev–Trinajstić information content (AvgIpc) is 2.59. The third-order valence-corrected chi connectivity index (χ3v) is 6.33. The second-order valence-electron chi connectivity index (χ2n) is 8.06. The van der Waals surface area contributed by atoms with E-state index in [1.807, 2.05) is 37.8 Å². The van der Waals surface area contributed by atoms with Gasteiger partial charge in [-0.1, -0.05) is 26.0 Å². The highest BCUT2D eigenvalue weighted by Crippen LogP contribution is 2.52. The molecule has 0 aromatic heterocycles. The molecule has 1 aromatic rings. The molecule has 2 N–H and O–H groups in total. The van der Waals surface area contributed by atoms with Crippen LogP contribution in [0.3, 0.4) is 0 Å². The summed E-state index contributed by atoms with van der Waals surface area (Å²) in [6.07, 6.45) is 1.42. The van der Waals surface area contributed by atoms with Crippen LogP contribution in [-0.4, -0.2) is 41.7 Å². The summed E-state index contributed by atoms with van der Waals surface area (Å²) in [5.41, 5.74) is 1.99. The van der Waals surface area contributed by atoms with Gasteiger partial charge in [0, 0.05) is 18.2 Å². The number of carbonyl (C=O) groups is 2. The summed E-state index contributed by atoms with van der Waals surface area (Å²) in [5, 5.41) is 12.4. The number of carboxylic acid groups (broad SMARTS) is 1. The van der Waals surface area contributed by atoms with Crippen molar-refractivity contribution in [3.05, 3.63) is 29.3 Å². The monoisotopic (exact) mass is 360 g/mol. The predicted octanol–water partition coefficient (Wildman–Crippen LogP) is 2.90. The molecule has 1 aliphatic heterocycles. The Hall–Kier alpha value is -2.24. The van der Waals surface area contributed by atoms with E-state index in [9.17, 15) is 14.7 Å². The van der Waals surface area contributed by atoms with Crippen molar-refractivity contribution in [1.82, 2.24) is 10.2 Å². The SMILES string of the molecule is COc1cccc2c1CN(C(=O)NC(C)[C@@H]1C[C@H](C(=O)O)C1(C)C)CC2. The Balaban J connectivity index is 1.63. The van der Waals surface area contributed by atoms with Crippen LogP contribution in [0.1, 0.15) is 38.3 Å². The van der Waals surface area contributed by atoms with Crippen molar-refractivity contribution in [2.45, 2.75) is 46.2 Å². The molecule has 3 atom stereocenters. The lowest BCUT2D eigenvalue weighted by atomic mass is 9.53. The number of hydrogen-bond acceptors (Lipinski definition) is 3. The van der Waals surface area contributed by atoms with E-state index in [0.717, 1.165) is 17.7 Å². The van der Waals surface area contributed by atoms with Crippen LogP contribution in [0.4, 0.5) is 4.79 Å². The lowest BCUT2D eigenvalue weighted by Crippen LogP contribution is -2.58. The van der Waals surface area contributed by atoms with E-state index in [1.165, 1.54) is 5.56 Å². The van der Waals surface area contributed by atoms with E-state index in [4.69, 9.17) is 4.74 Å². The second-order valence-corrected chi connectivity index (χ2v) is 8.06. The zero-order valence-electron chi connectivity index (χ0n) is 15.9. The molecule has 142 valence electrons. The van der Waals surface area contributed by atoms with Gasteiger partial charge in [0.25, 0.3) is 0 Å². The standard InChI is InChI=1S/C20H28N2O4/c1-12(15-10-16(18(23)24)20(15,2)3)21-19(25)22-9-8-13-6-5-7-17(26-4)14(13)11-22/h5-7,12,15-16H,8-11H2,1-4H3,(H,21,25)(H,23,24)/t12?,15-,16+/m0/s1. The maximum Gasteiger partial charge on any atom is 0.317 e. The minimum absolute atomic E-state index is 0.0628. The Morgan fingerprint density at radius 3 is 2.73 bits per heavy atom. The van der Waals surface area contributed by atoms with Gasteiger partial charge >= 0.3 is 12.0 Å². The highest BCUT2D eigenvalue weighted by atomic mass is 16.5. The van der Waals surface area contributed by atoms with Crippen LogP contribution < -0.4 is 10.1 Å². The van der Waals surface area contributed by atoms with Gasteiger partial charge in [-0.05, 0) is 42.7 Å². The van der Waals surface area contributed by atoms with Crippen molar-refractivity contribution in [1.29, 1.82) is 0 Å². The molecular formula is C20H28N2O4. The maximum absolute atomic E-state index is 12.7. The first-order chi connectivity index (χ1) is 12.3. The van der Waals surface area contributed by atoms with Crippen LogP contribution in [0, 0.1) is 17.3 Å². The number of ether oxygens (including phenoxy) is 1. The fraction of sp³-hybridized carbons (Fsp3) is 0.600. The molecule has 1 aromatic carbocycles. The average molecular weight is 360 g/mol. The molecule has 0 spiro atoms. The van der Waals surface area contributed by atoms with Crippen molar-refractivity contribution in [2.75, 3.05) is 13.7 Å². The number of methoxy groups -OCH3 is 1. The van der Waals surface area contributed by atoms with Crippen LogP contribution in [0.5, 0.6) is 5.75 Å². The molecule has 0 radical (unpaired) electrons. The molecule has 0 saturated heterocycles. The quantitative estimate of drug-likeness (QED) is 0.865. The summed E-state index contributed by atoms with van der Waals surface area (Å²) in [4.78, 5) is 25.9. The summed E-state index contributed by atoms with van der Waals surface area (Å²) < 4.78 is 5.43. The number of fused-ring (bicyclic) bond motifs is 1. The van der Waals surface area contributed by atoms with Crippen LogP contribution in [0.15, 0.2) is 18.2 Å². The summed E-state index contributed by atoms with van der Waals surface area (Å²) in [6.45, 7) is 7.13. The normalized spacial score (nSPS) is 24.8. The maximum atomic E-state index is 12.7. The van der Waals surface area contributed by atoms with Crippen LogP contribution in [0.25, 0.3) is 0 Å². The van der Waals surface area contributed by atoms with E-state index in [-0.39, 0.29) is 29.3 Å². The van der Waals surface area contributed by atoms with E-state index in [0.29, 0.717) is 19.5 Å². The van der Waals surface area contributed by atoms with Crippen LogP contribution in [-0.2, 0) is 17.8 Å². The van der Waals surface area contributed by atoms with Gasteiger partial charge in [-0.25, -0.2) is 4.79 Å². The first kappa shape index (κ1) is 18.5. The molecule has 1 fully saturated rings. The molecule has 1 saturated carbocycles. The van der Waals surface area contributed by atoms with E-state index in [2.05, 4.69) is 11.4 Å². The number of amides is 2. The lowest BCUT2D eigenvalue weighted by molar-refractivity contribution is -0.160. The highest BCUT2D eigenvalue weighted by Gasteiger charge is 2.54. The van der Waals surface area contributed by atoms with Crippen molar-refractivity contribution in [3.63, 3.8) is 0 Å². The molecule has 6 nitrogen and oxygen atoms in total. The first-order valence-corrected chi connectivity index (χ1v) is 9.18. The Bertz CT molecular complexity index is 702. The summed E-state index contributed by atoms with van der Waals surface area (Å²) in [7, 11) is 1.65. The van der Waals surface area contributed by atoms with Crippen LogP contribution >= 0.6 is 0 Å². The van der Waals surface area contributed by atoms with Gasteiger partial charge in [0.05, 0.1) is 19.6 Å². The van der Waals surface area contributed by atoms with Crippen molar-refractivity contribution in [2.24, 2.45) is 17.3 Å². The number of carbonyl (C=O) groups excluding carboxylic acids is 1. The van der Waals surface area contributed by atoms with Gasteiger partial charge in [-0.2, -0.15) is 0 Å². The number of hydrogen-bond donors (Lipinski definition) is 2. The van der Waals surface area contributed by atoms with E-state index < -0.39 is 5.97 Å². The van der Waals surface area contributed by atoms with Gasteiger partial charge in [0.1, 0.15) is 5.75 Å². The number of carboxylic acids is 1. The summed E-state index contributed by atoms with van der Waals surface area (Å²) in [5.74, 6) is -0.0980. The fourth-order valence-electron chi connectivity index (χ4n) is 4.53. The molecule has 6 heteroatoms. The number of aliphatic carboxylic acids is 1. The number of rotatable bonds is 4. The smallest absolute Gasteiger partial charge is 0.317 e. The third-order valence-electron chi connectivity index (χ3n) is 6.33. The van der Waals surface area contributed by atoms with Gasteiger partial charge < -0.3 is 20.1 Å². The molecule has 1 heterocycles. The third kappa shape index (κ3) is 3.13. The summed E-state index contributed by atoms with van der Waals surface area (Å²) >= 11 is 0. The molecular weight excluding hydrogens is 332 g/mol. The Labute approximate surface area is 154 Å². The number of urea groups is 1. The fourth-order valence-corrected chi connectivity index (χ4v) is 4.53. The Morgan fingerprint density at radius 2 is 2.12 bits per heavy atom. The molecule has 1 unspecified atom stereocenters. The topological polar surface area (TPSA) is 78.9 Å². The molecule has 1 aliphatic carbocycles. The molecule has 2 amide bonds. The van der Waals surface area contributed by atoms with Crippen molar-refractivity contribution < 1.29 is 19.4 Å². The zero-order valence-corrected chi connectivity index (χ0v) is 15.9. The van der Waals surface area contributed by atoms with E-state index in [1.54, 1.807) is 7.11 Å².